The van der Waals surface area contributed by atoms with Gasteiger partial charge < -0.3 is 4.90 Å². The molecule has 0 saturated carbocycles. The van der Waals surface area contributed by atoms with Crippen molar-refractivity contribution in [2.45, 2.75) is 40.0 Å². The molecule has 212 valence electrons. The van der Waals surface area contributed by atoms with Crippen LogP contribution in [0, 0.1) is 20.8 Å². The van der Waals surface area contributed by atoms with Crippen LogP contribution < -0.4 is 4.90 Å². The van der Waals surface area contributed by atoms with E-state index < -0.39 is 0 Å². The Labute approximate surface area is 257 Å². The van der Waals surface area contributed by atoms with Crippen LogP contribution in [-0.2, 0) is 5.41 Å². The average Bonchev–Trinajstić information content (AvgIpc) is 3.04. The van der Waals surface area contributed by atoms with Gasteiger partial charge in [0.05, 0.1) is 0 Å². The molecule has 0 aliphatic rings. The first-order valence-corrected chi connectivity index (χ1v) is 15.1. The number of nitrogens with zero attached hydrogens (tertiary/aromatic N) is 1. The van der Waals surface area contributed by atoms with E-state index in [4.69, 9.17) is 0 Å². The van der Waals surface area contributed by atoms with Gasteiger partial charge in [0.1, 0.15) is 0 Å². The molecular weight excluding hydrogens is 518 g/mol. The van der Waals surface area contributed by atoms with Gasteiger partial charge in [0, 0.05) is 22.5 Å². The van der Waals surface area contributed by atoms with Crippen molar-refractivity contribution in [3.63, 3.8) is 0 Å². The van der Waals surface area contributed by atoms with E-state index in [2.05, 4.69) is 185 Å². The molecule has 6 rings (SSSR count). The van der Waals surface area contributed by atoms with Crippen molar-refractivity contribution in [1.82, 2.24) is 0 Å². The fourth-order valence-electron chi connectivity index (χ4n) is 6.21. The molecule has 0 N–H and O–H groups in total. The Morgan fingerprint density at radius 3 is 1.60 bits per heavy atom. The standard InChI is InChI=1S/C42H39N/c1-30-15-12-13-22-40(30)43(37-18-10-7-11-19-37)41-28-27-36(29-31(41)2)42(4,5)35-25-23-34(24-26-35)39-21-14-20-38(32(39)3)33-16-8-6-9-17-33/h6-29H,1-5H3. The predicted octanol–water partition coefficient (Wildman–Crippen LogP) is 11.7. The summed E-state index contributed by atoms with van der Waals surface area (Å²) in [6.07, 6.45) is 0. The van der Waals surface area contributed by atoms with Gasteiger partial charge >= 0.3 is 0 Å². The Morgan fingerprint density at radius 2 is 0.977 bits per heavy atom. The Balaban J connectivity index is 1.33. The highest BCUT2D eigenvalue weighted by Gasteiger charge is 2.25. The van der Waals surface area contributed by atoms with E-state index >= 15 is 0 Å². The Morgan fingerprint density at radius 1 is 0.442 bits per heavy atom. The van der Waals surface area contributed by atoms with Gasteiger partial charge in [-0.2, -0.15) is 0 Å². The van der Waals surface area contributed by atoms with E-state index in [1.165, 1.54) is 61.4 Å². The lowest BCUT2D eigenvalue weighted by Crippen LogP contribution is -2.20. The average molecular weight is 558 g/mol. The van der Waals surface area contributed by atoms with Crippen molar-refractivity contribution in [3.8, 4) is 22.3 Å². The number of hydrogen-bond acceptors (Lipinski definition) is 1. The molecule has 0 radical (unpaired) electrons. The fourth-order valence-corrected chi connectivity index (χ4v) is 6.21. The summed E-state index contributed by atoms with van der Waals surface area (Å²) in [7, 11) is 0. The third-order valence-corrected chi connectivity index (χ3v) is 8.87. The van der Waals surface area contributed by atoms with Crippen LogP contribution in [0.1, 0.15) is 41.7 Å². The zero-order chi connectivity index (χ0) is 30.0. The van der Waals surface area contributed by atoms with Crippen LogP contribution in [0.2, 0.25) is 0 Å². The van der Waals surface area contributed by atoms with E-state index in [1.54, 1.807) is 0 Å². The maximum Gasteiger partial charge on any atom is 0.0491 e. The lowest BCUT2D eigenvalue weighted by Gasteiger charge is -2.31. The van der Waals surface area contributed by atoms with Crippen LogP contribution in [0.5, 0.6) is 0 Å². The molecule has 0 fully saturated rings. The summed E-state index contributed by atoms with van der Waals surface area (Å²) in [5.41, 5.74) is 14.9. The Hall–Kier alpha value is -4.88. The van der Waals surface area contributed by atoms with Gasteiger partial charge in [-0.1, -0.05) is 135 Å². The van der Waals surface area contributed by atoms with E-state index in [-0.39, 0.29) is 5.41 Å². The minimum absolute atomic E-state index is 0.150. The second-order valence-corrected chi connectivity index (χ2v) is 12.0. The molecule has 0 aromatic heterocycles. The van der Waals surface area contributed by atoms with Gasteiger partial charge in [0.15, 0.2) is 0 Å². The zero-order valence-corrected chi connectivity index (χ0v) is 25.8. The SMILES string of the molecule is Cc1ccccc1N(c1ccccc1)c1ccc(C(C)(C)c2ccc(-c3cccc(-c4ccccc4)c3C)cc2)cc1C. The topological polar surface area (TPSA) is 3.24 Å². The minimum Gasteiger partial charge on any atom is -0.310 e. The van der Waals surface area contributed by atoms with E-state index in [0.29, 0.717) is 0 Å². The highest BCUT2D eigenvalue weighted by Crippen LogP contribution is 2.41. The molecule has 43 heavy (non-hydrogen) atoms. The Bertz CT molecular complexity index is 1850. The Kier molecular flexibility index (Phi) is 7.74. The summed E-state index contributed by atoms with van der Waals surface area (Å²) < 4.78 is 0. The molecule has 0 heterocycles. The molecule has 0 aliphatic carbocycles. The van der Waals surface area contributed by atoms with E-state index in [1.807, 2.05) is 0 Å². The summed E-state index contributed by atoms with van der Waals surface area (Å²) in [5.74, 6) is 0. The maximum atomic E-state index is 2.38. The summed E-state index contributed by atoms with van der Waals surface area (Å²) in [6.45, 7) is 11.3. The number of benzene rings is 6. The summed E-state index contributed by atoms with van der Waals surface area (Å²) in [5, 5.41) is 0. The van der Waals surface area contributed by atoms with Gasteiger partial charge in [-0.15, -0.1) is 0 Å². The lowest BCUT2D eigenvalue weighted by molar-refractivity contribution is 0.640. The number of para-hydroxylation sites is 2. The van der Waals surface area contributed by atoms with Gasteiger partial charge in [0.25, 0.3) is 0 Å². The van der Waals surface area contributed by atoms with Crippen molar-refractivity contribution < 1.29 is 0 Å². The monoisotopic (exact) mass is 557 g/mol. The molecule has 0 saturated heterocycles. The van der Waals surface area contributed by atoms with Crippen LogP contribution in [0.3, 0.4) is 0 Å². The first-order valence-electron chi connectivity index (χ1n) is 15.1. The summed E-state index contributed by atoms with van der Waals surface area (Å²) in [6, 6.07) is 52.7. The molecule has 0 amide bonds. The van der Waals surface area contributed by atoms with E-state index in [9.17, 15) is 0 Å². The van der Waals surface area contributed by atoms with Gasteiger partial charge in [-0.05, 0) is 95.1 Å². The van der Waals surface area contributed by atoms with Crippen LogP contribution in [0.15, 0.2) is 146 Å². The maximum absolute atomic E-state index is 2.38. The number of rotatable bonds is 7. The molecule has 0 aliphatic heterocycles. The summed E-state index contributed by atoms with van der Waals surface area (Å²) >= 11 is 0. The van der Waals surface area contributed by atoms with Crippen molar-refractivity contribution in [2.24, 2.45) is 0 Å². The van der Waals surface area contributed by atoms with Crippen molar-refractivity contribution in [3.05, 3.63) is 173 Å². The molecular formula is C42H39N. The smallest absolute Gasteiger partial charge is 0.0491 e. The molecule has 1 nitrogen and oxygen atoms in total. The predicted molar refractivity (Wildman–Crippen MR) is 185 cm³/mol. The van der Waals surface area contributed by atoms with Gasteiger partial charge in [0.2, 0.25) is 0 Å². The second-order valence-electron chi connectivity index (χ2n) is 12.0. The number of hydrogen-bond donors (Lipinski definition) is 0. The van der Waals surface area contributed by atoms with Crippen molar-refractivity contribution >= 4 is 17.1 Å². The van der Waals surface area contributed by atoms with E-state index in [0.717, 1.165) is 5.69 Å². The summed E-state index contributed by atoms with van der Waals surface area (Å²) in [4.78, 5) is 2.38. The quantitative estimate of drug-likeness (QED) is 0.189. The first kappa shape index (κ1) is 28.2. The first-order chi connectivity index (χ1) is 20.8. The fraction of sp³-hybridized carbons (Fsp3) is 0.143. The highest BCUT2D eigenvalue weighted by molar-refractivity contribution is 5.81. The second kappa shape index (κ2) is 11.8. The van der Waals surface area contributed by atoms with Crippen LogP contribution >= 0.6 is 0 Å². The van der Waals surface area contributed by atoms with Gasteiger partial charge in [-0.3, -0.25) is 0 Å². The third-order valence-electron chi connectivity index (χ3n) is 8.87. The lowest BCUT2D eigenvalue weighted by atomic mass is 9.77. The van der Waals surface area contributed by atoms with Crippen LogP contribution in [-0.4, -0.2) is 0 Å². The molecule has 0 spiro atoms. The normalized spacial score (nSPS) is 11.4. The minimum atomic E-state index is -0.150. The third kappa shape index (κ3) is 5.51. The largest absolute Gasteiger partial charge is 0.310 e. The highest BCUT2D eigenvalue weighted by atomic mass is 15.1. The zero-order valence-electron chi connectivity index (χ0n) is 25.8. The number of anilines is 3. The molecule has 6 aromatic carbocycles. The molecule has 1 heteroatoms. The van der Waals surface area contributed by atoms with Crippen molar-refractivity contribution in [1.29, 1.82) is 0 Å². The van der Waals surface area contributed by atoms with Crippen LogP contribution in [0.4, 0.5) is 17.1 Å². The molecule has 6 aromatic rings. The molecule has 0 unspecified atom stereocenters. The van der Waals surface area contributed by atoms with Crippen molar-refractivity contribution in [2.75, 3.05) is 4.90 Å². The molecule has 0 bridgehead atoms. The number of aryl methyl sites for hydroxylation is 2. The van der Waals surface area contributed by atoms with Crippen LogP contribution in [0.25, 0.3) is 22.3 Å². The molecule has 0 atom stereocenters. The van der Waals surface area contributed by atoms with Gasteiger partial charge in [-0.25, -0.2) is 0 Å².